The molecule has 0 aliphatic carbocycles. The van der Waals surface area contributed by atoms with Crippen molar-refractivity contribution < 1.29 is 9.59 Å². The third-order valence-electron chi connectivity index (χ3n) is 4.70. The lowest BCUT2D eigenvalue weighted by molar-refractivity contribution is -0.118. The Morgan fingerprint density at radius 2 is 1.87 bits per heavy atom. The van der Waals surface area contributed by atoms with E-state index in [4.69, 9.17) is 0 Å². The molecule has 2 N–H and O–H groups in total. The summed E-state index contributed by atoms with van der Waals surface area (Å²) in [5.41, 5.74) is 1.69. The van der Waals surface area contributed by atoms with E-state index in [1.54, 1.807) is 0 Å². The van der Waals surface area contributed by atoms with Crippen molar-refractivity contribution in [1.29, 1.82) is 0 Å². The van der Waals surface area contributed by atoms with Crippen LogP contribution >= 0.6 is 27.7 Å². The minimum Gasteiger partial charge on any atom is -0.354 e. The number of hydrogen-bond donors (Lipinski definition) is 2. The zero-order chi connectivity index (χ0) is 21.3. The Bertz CT molecular complexity index is 857. The first-order valence-corrected chi connectivity index (χ1v) is 11.7. The van der Waals surface area contributed by atoms with Gasteiger partial charge in [0, 0.05) is 49.1 Å². The smallest absolute Gasteiger partial charge is 0.234 e. The van der Waals surface area contributed by atoms with E-state index in [2.05, 4.69) is 48.4 Å². The van der Waals surface area contributed by atoms with Crippen LogP contribution in [0.4, 0.5) is 11.5 Å². The number of carbonyl (C=O) groups is 2. The van der Waals surface area contributed by atoms with Gasteiger partial charge in [0.15, 0.2) is 0 Å². The van der Waals surface area contributed by atoms with E-state index in [1.807, 2.05) is 42.6 Å². The Balaban J connectivity index is 1.34. The Morgan fingerprint density at radius 1 is 1.10 bits per heavy atom. The first kappa shape index (κ1) is 22.6. The van der Waals surface area contributed by atoms with Crippen LogP contribution < -0.4 is 15.5 Å². The first-order chi connectivity index (χ1) is 14.5. The average molecular weight is 492 g/mol. The first-order valence-electron chi connectivity index (χ1n) is 9.78. The van der Waals surface area contributed by atoms with E-state index in [9.17, 15) is 9.59 Å². The standard InChI is InChI=1S/C21H26BrN5O2S/c1-26-7-9-27(10-8-26)19-6-5-16(12-23-19)13-24-20(28)14-30-15-21(29)25-18-4-2-3-17(22)11-18/h2-6,11-12H,7-10,13-15H2,1H3,(H,24,28)(H,25,29). The number of halogens is 1. The van der Waals surface area contributed by atoms with Gasteiger partial charge in [-0.3, -0.25) is 9.59 Å². The van der Waals surface area contributed by atoms with Gasteiger partial charge >= 0.3 is 0 Å². The van der Waals surface area contributed by atoms with Gasteiger partial charge in [-0.15, -0.1) is 11.8 Å². The van der Waals surface area contributed by atoms with Crippen LogP contribution in [0, 0.1) is 0 Å². The van der Waals surface area contributed by atoms with Crippen molar-refractivity contribution in [2.75, 3.05) is 54.9 Å². The molecule has 1 aromatic carbocycles. The average Bonchev–Trinajstić information content (AvgIpc) is 2.73. The molecule has 0 saturated carbocycles. The quantitative estimate of drug-likeness (QED) is 0.590. The molecule has 30 heavy (non-hydrogen) atoms. The number of pyridine rings is 1. The molecule has 0 bridgehead atoms. The number of benzene rings is 1. The van der Waals surface area contributed by atoms with Crippen molar-refractivity contribution in [3.05, 3.63) is 52.6 Å². The van der Waals surface area contributed by atoms with Crippen molar-refractivity contribution in [2.24, 2.45) is 0 Å². The maximum atomic E-state index is 12.0. The Labute approximate surface area is 189 Å². The minimum absolute atomic E-state index is 0.0987. The summed E-state index contributed by atoms with van der Waals surface area (Å²) in [6.45, 7) is 4.47. The number of amides is 2. The second-order valence-electron chi connectivity index (χ2n) is 7.14. The maximum absolute atomic E-state index is 12.0. The summed E-state index contributed by atoms with van der Waals surface area (Å²) in [6.07, 6.45) is 1.81. The summed E-state index contributed by atoms with van der Waals surface area (Å²) in [5.74, 6) is 1.21. The van der Waals surface area contributed by atoms with E-state index in [-0.39, 0.29) is 23.3 Å². The van der Waals surface area contributed by atoms with Crippen LogP contribution in [0.25, 0.3) is 0 Å². The molecule has 0 unspecified atom stereocenters. The summed E-state index contributed by atoms with van der Waals surface area (Å²) in [7, 11) is 2.13. The summed E-state index contributed by atoms with van der Waals surface area (Å²) in [5, 5.41) is 5.69. The predicted molar refractivity (Wildman–Crippen MR) is 126 cm³/mol. The fourth-order valence-corrected chi connectivity index (χ4v) is 4.04. The zero-order valence-electron chi connectivity index (χ0n) is 16.9. The fourth-order valence-electron chi connectivity index (χ4n) is 3.00. The Kier molecular flexibility index (Phi) is 8.53. The number of nitrogens with one attached hydrogen (secondary N) is 2. The van der Waals surface area contributed by atoms with Crippen LogP contribution in [0.15, 0.2) is 47.1 Å². The molecule has 7 nitrogen and oxygen atoms in total. The molecule has 1 saturated heterocycles. The van der Waals surface area contributed by atoms with Gasteiger partial charge in [0.1, 0.15) is 5.82 Å². The van der Waals surface area contributed by atoms with Gasteiger partial charge in [-0.1, -0.05) is 28.1 Å². The maximum Gasteiger partial charge on any atom is 0.234 e. The Morgan fingerprint density at radius 3 is 2.57 bits per heavy atom. The predicted octanol–water partition coefficient (Wildman–Crippen LogP) is 2.58. The number of aromatic nitrogens is 1. The molecular weight excluding hydrogens is 466 g/mol. The number of piperazine rings is 1. The van der Waals surface area contributed by atoms with E-state index >= 15 is 0 Å². The number of anilines is 2. The molecule has 1 fully saturated rings. The van der Waals surface area contributed by atoms with Gasteiger partial charge in [-0.2, -0.15) is 0 Å². The number of carbonyl (C=O) groups excluding carboxylic acids is 2. The van der Waals surface area contributed by atoms with Gasteiger partial charge in [0.2, 0.25) is 11.8 Å². The van der Waals surface area contributed by atoms with Gasteiger partial charge in [0.05, 0.1) is 11.5 Å². The normalized spacial score (nSPS) is 14.4. The van der Waals surface area contributed by atoms with Crippen LogP contribution in [-0.4, -0.2) is 66.4 Å². The van der Waals surface area contributed by atoms with Crippen LogP contribution in [-0.2, 0) is 16.1 Å². The molecule has 0 atom stereocenters. The van der Waals surface area contributed by atoms with Crippen molar-refractivity contribution in [3.63, 3.8) is 0 Å². The van der Waals surface area contributed by atoms with Crippen LogP contribution in [0.5, 0.6) is 0 Å². The summed E-state index contributed by atoms with van der Waals surface area (Å²) in [6, 6.07) is 11.4. The molecule has 0 spiro atoms. The number of likely N-dealkylation sites (N-methyl/N-ethyl adjacent to an activating group) is 1. The molecule has 1 aliphatic heterocycles. The van der Waals surface area contributed by atoms with Gasteiger partial charge in [-0.05, 0) is 36.9 Å². The minimum atomic E-state index is -0.130. The van der Waals surface area contributed by atoms with Crippen LogP contribution in [0.2, 0.25) is 0 Å². The summed E-state index contributed by atoms with van der Waals surface area (Å²) >= 11 is 4.66. The van der Waals surface area contributed by atoms with Crippen molar-refractivity contribution in [1.82, 2.24) is 15.2 Å². The van der Waals surface area contributed by atoms with E-state index in [0.29, 0.717) is 6.54 Å². The highest BCUT2D eigenvalue weighted by Crippen LogP contribution is 2.16. The van der Waals surface area contributed by atoms with Crippen LogP contribution in [0.3, 0.4) is 0 Å². The second kappa shape index (κ2) is 11.3. The second-order valence-corrected chi connectivity index (χ2v) is 9.04. The van der Waals surface area contributed by atoms with Crippen LogP contribution in [0.1, 0.15) is 5.56 Å². The summed E-state index contributed by atoms with van der Waals surface area (Å²) < 4.78 is 0.901. The summed E-state index contributed by atoms with van der Waals surface area (Å²) in [4.78, 5) is 33.1. The molecule has 160 valence electrons. The number of thioether (sulfide) groups is 1. The Hall–Kier alpha value is -2.10. The topological polar surface area (TPSA) is 77.6 Å². The number of nitrogens with zero attached hydrogens (tertiary/aromatic N) is 3. The number of rotatable bonds is 8. The van der Waals surface area contributed by atoms with E-state index < -0.39 is 0 Å². The highest BCUT2D eigenvalue weighted by atomic mass is 79.9. The third-order valence-corrected chi connectivity index (χ3v) is 6.13. The zero-order valence-corrected chi connectivity index (χ0v) is 19.3. The highest BCUT2D eigenvalue weighted by Gasteiger charge is 2.15. The monoisotopic (exact) mass is 491 g/mol. The van der Waals surface area contributed by atoms with Gasteiger partial charge in [0.25, 0.3) is 0 Å². The highest BCUT2D eigenvalue weighted by molar-refractivity contribution is 9.10. The molecule has 0 radical (unpaired) electrons. The molecule has 2 aromatic rings. The van der Waals surface area contributed by atoms with Crippen molar-refractivity contribution >= 4 is 51.0 Å². The van der Waals surface area contributed by atoms with E-state index in [1.165, 1.54) is 11.8 Å². The lowest BCUT2D eigenvalue weighted by atomic mass is 10.2. The molecule has 9 heteroatoms. The molecular formula is C21H26BrN5O2S. The lowest BCUT2D eigenvalue weighted by Gasteiger charge is -2.33. The molecule has 1 aliphatic rings. The third kappa shape index (κ3) is 7.30. The molecule has 1 aromatic heterocycles. The molecule has 2 amide bonds. The van der Waals surface area contributed by atoms with Gasteiger partial charge in [-0.25, -0.2) is 4.98 Å². The fraction of sp³-hybridized carbons (Fsp3) is 0.381. The van der Waals surface area contributed by atoms with E-state index in [0.717, 1.165) is 47.7 Å². The lowest BCUT2D eigenvalue weighted by Crippen LogP contribution is -2.44. The number of hydrogen-bond acceptors (Lipinski definition) is 6. The SMILES string of the molecule is CN1CCN(c2ccc(CNC(=O)CSCC(=O)Nc3cccc(Br)c3)cn2)CC1. The van der Waals surface area contributed by atoms with Gasteiger partial charge < -0.3 is 20.4 Å². The largest absolute Gasteiger partial charge is 0.354 e. The molecule has 2 heterocycles. The molecule has 3 rings (SSSR count). The van der Waals surface area contributed by atoms with Crippen molar-refractivity contribution in [3.8, 4) is 0 Å². The van der Waals surface area contributed by atoms with Crippen molar-refractivity contribution in [2.45, 2.75) is 6.54 Å².